The van der Waals surface area contributed by atoms with Crippen LogP contribution in [0.15, 0.2) is 47.1 Å². The van der Waals surface area contributed by atoms with Gasteiger partial charge in [-0.05, 0) is 34.5 Å². The topological polar surface area (TPSA) is 93.4 Å². The Bertz CT molecular complexity index is 1170. The summed E-state index contributed by atoms with van der Waals surface area (Å²) in [7, 11) is 0. The molecule has 0 radical (unpaired) electrons. The first kappa shape index (κ1) is 19.5. The van der Waals surface area contributed by atoms with Crippen molar-refractivity contribution in [2.24, 2.45) is 5.92 Å². The molecule has 10 heteroatoms. The number of ether oxygens (including phenoxy) is 1. The lowest BCUT2D eigenvalue weighted by atomic mass is 10.1. The molecule has 154 valence electrons. The Kier molecular flexibility index (Phi) is 4.96. The first-order valence-electron chi connectivity index (χ1n) is 9.46. The highest BCUT2D eigenvalue weighted by atomic mass is 79.9. The lowest BCUT2D eigenvalue weighted by Crippen LogP contribution is -2.33. The SMILES string of the molecule is O=C(O)CCOC[C@@H]1C[C@H]2C=C2N1c1cc(-n2cncn2)c2cc(Cl)c(Br)cc2n1. The summed E-state index contributed by atoms with van der Waals surface area (Å²) in [6.45, 7) is 0.647. The van der Waals surface area contributed by atoms with Gasteiger partial charge in [-0.25, -0.2) is 14.6 Å². The number of carboxylic acids is 1. The average molecular weight is 491 g/mol. The number of nitrogens with zero attached hydrogens (tertiary/aromatic N) is 5. The maximum absolute atomic E-state index is 10.7. The summed E-state index contributed by atoms with van der Waals surface area (Å²) in [5.74, 6) is 0.365. The molecular formula is C20H17BrClN5O3. The monoisotopic (exact) mass is 489 g/mol. The van der Waals surface area contributed by atoms with E-state index in [9.17, 15) is 4.79 Å². The quantitative estimate of drug-likeness (QED) is 0.503. The largest absolute Gasteiger partial charge is 0.481 e. The number of fused-ring (bicyclic) bond motifs is 2. The summed E-state index contributed by atoms with van der Waals surface area (Å²) in [5, 5.41) is 14.6. The van der Waals surface area contributed by atoms with Crippen LogP contribution in [0.2, 0.25) is 5.02 Å². The van der Waals surface area contributed by atoms with Crippen molar-refractivity contribution >= 4 is 50.2 Å². The van der Waals surface area contributed by atoms with Crippen molar-refractivity contribution in [1.29, 1.82) is 0 Å². The Hall–Kier alpha value is -2.49. The highest BCUT2D eigenvalue weighted by molar-refractivity contribution is 9.10. The molecular weight excluding hydrogens is 474 g/mol. The molecule has 1 saturated heterocycles. The first-order chi connectivity index (χ1) is 14.5. The predicted molar refractivity (Wildman–Crippen MR) is 115 cm³/mol. The number of aliphatic carboxylic acids is 1. The van der Waals surface area contributed by atoms with Gasteiger partial charge in [0.15, 0.2) is 0 Å². The molecule has 0 amide bonds. The summed E-state index contributed by atoms with van der Waals surface area (Å²) >= 11 is 9.82. The number of aromatic nitrogens is 4. The first-order valence-corrected chi connectivity index (χ1v) is 10.6. The number of anilines is 1. The van der Waals surface area contributed by atoms with Crippen molar-refractivity contribution in [2.45, 2.75) is 18.9 Å². The minimum atomic E-state index is -0.859. The van der Waals surface area contributed by atoms with Crippen molar-refractivity contribution in [3.63, 3.8) is 0 Å². The fourth-order valence-corrected chi connectivity index (χ4v) is 4.39. The highest BCUT2D eigenvalue weighted by Gasteiger charge is 2.44. The van der Waals surface area contributed by atoms with Gasteiger partial charge in [0.1, 0.15) is 18.5 Å². The summed E-state index contributed by atoms with van der Waals surface area (Å²) in [4.78, 5) is 21.9. The molecule has 1 fully saturated rings. The van der Waals surface area contributed by atoms with Crippen LogP contribution in [0.25, 0.3) is 16.6 Å². The number of carbonyl (C=O) groups is 1. The maximum atomic E-state index is 10.7. The standard InChI is InChI=1S/C20H17BrClN5O3/c21-14-6-16-13(5-15(14)22)18(26-10-23-9-24-26)7-19(25-16)27-12(3-11-4-17(11)27)8-30-2-1-20(28)29/h4-7,9-12H,1-3,8H2,(H,28,29)/t11-,12-/m0/s1. The number of hydrogen-bond acceptors (Lipinski definition) is 6. The van der Waals surface area contributed by atoms with Gasteiger partial charge in [0.2, 0.25) is 0 Å². The van der Waals surface area contributed by atoms with Gasteiger partial charge in [-0.2, -0.15) is 5.10 Å². The van der Waals surface area contributed by atoms with E-state index in [-0.39, 0.29) is 19.1 Å². The van der Waals surface area contributed by atoms with Crippen molar-refractivity contribution in [3.05, 3.63) is 52.1 Å². The van der Waals surface area contributed by atoms with E-state index in [1.54, 1.807) is 11.0 Å². The van der Waals surface area contributed by atoms with Crippen molar-refractivity contribution < 1.29 is 14.6 Å². The van der Waals surface area contributed by atoms with Gasteiger partial charge in [-0.15, -0.1) is 0 Å². The van der Waals surface area contributed by atoms with E-state index in [0.29, 0.717) is 17.5 Å². The van der Waals surface area contributed by atoms with E-state index in [4.69, 9.17) is 26.4 Å². The number of rotatable bonds is 7. The third kappa shape index (κ3) is 3.57. The predicted octanol–water partition coefficient (Wildman–Crippen LogP) is 3.82. The fraction of sp³-hybridized carbons (Fsp3) is 0.300. The molecule has 2 aliphatic rings. The molecule has 30 heavy (non-hydrogen) atoms. The Morgan fingerprint density at radius 2 is 2.23 bits per heavy atom. The fourth-order valence-electron chi connectivity index (χ4n) is 3.89. The third-order valence-corrected chi connectivity index (χ3v) is 6.51. The van der Waals surface area contributed by atoms with Crippen LogP contribution in [-0.2, 0) is 9.53 Å². The Balaban J connectivity index is 1.52. The van der Waals surface area contributed by atoms with Crippen molar-refractivity contribution in [2.75, 3.05) is 18.1 Å². The van der Waals surface area contributed by atoms with Gasteiger partial charge in [-0.3, -0.25) is 4.79 Å². The maximum Gasteiger partial charge on any atom is 0.305 e. The summed E-state index contributed by atoms with van der Waals surface area (Å²) in [5.41, 5.74) is 2.84. The van der Waals surface area contributed by atoms with Gasteiger partial charge in [0.25, 0.3) is 0 Å². The minimum absolute atomic E-state index is 0.00168. The molecule has 1 aromatic carbocycles. The number of carboxylic acid groups (broad SMARTS) is 1. The molecule has 0 saturated carbocycles. The number of pyridine rings is 1. The van der Waals surface area contributed by atoms with E-state index in [1.807, 2.05) is 18.2 Å². The van der Waals surface area contributed by atoms with Gasteiger partial charge >= 0.3 is 5.97 Å². The molecule has 5 rings (SSSR count). The molecule has 1 aliphatic carbocycles. The minimum Gasteiger partial charge on any atom is -0.481 e. The lowest BCUT2D eigenvalue weighted by molar-refractivity contribution is -0.138. The molecule has 2 aromatic heterocycles. The zero-order valence-corrected chi connectivity index (χ0v) is 18.0. The molecule has 8 nitrogen and oxygen atoms in total. The van der Waals surface area contributed by atoms with Crippen molar-refractivity contribution in [3.8, 4) is 5.69 Å². The molecule has 1 N–H and O–H groups in total. The molecule has 0 spiro atoms. The number of benzene rings is 1. The van der Waals surface area contributed by atoms with E-state index in [1.165, 1.54) is 12.0 Å². The Morgan fingerprint density at radius 1 is 1.37 bits per heavy atom. The molecule has 0 unspecified atom stereocenters. The summed E-state index contributed by atoms with van der Waals surface area (Å²) in [6, 6.07) is 5.85. The lowest BCUT2D eigenvalue weighted by Gasteiger charge is -2.27. The van der Waals surface area contributed by atoms with Gasteiger partial charge in [-0.1, -0.05) is 17.7 Å². The second-order valence-corrected chi connectivity index (χ2v) is 8.56. The summed E-state index contributed by atoms with van der Waals surface area (Å²) < 4.78 is 8.11. The van der Waals surface area contributed by atoms with Crippen LogP contribution in [-0.4, -0.2) is 50.1 Å². The second-order valence-electron chi connectivity index (χ2n) is 7.30. The van der Waals surface area contributed by atoms with Crippen LogP contribution in [0.3, 0.4) is 0 Å². The van der Waals surface area contributed by atoms with Crippen LogP contribution in [0.4, 0.5) is 5.82 Å². The smallest absolute Gasteiger partial charge is 0.305 e. The average Bonchev–Trinajstić information content (AvgIpc) is 3.12. The number of hydrogen-bond donors (Lipinski definition) is 1. The molecule has 2 atom stereocenters. The number of halogens is 2. The van der Waals surface area contributed by atoms with E-state index in [0.717, 1.165) is 33.3 Å². The molecule has 3 heterocycles. The third-order valence-electron chi connectivity index (χ3n) is 5.31. The van der Waals surface area contributed by atoms with E-state index >= 15 is 0 Å². The Labute approximate surface area is 185 Å². The number of allylic oxidation sites excluding steroid dienone is 2. The molecule has 0 bridgehead atoms. The van der Waals surface area contributed by atoms with Crippen molar-refractivity contribution in [1.82, 2.24) is 19.7 Å². The van der Waals surface area contributed by atoms with Crippen LogP contribution >= 0.6 is 27.5 Å². The molecule has 1 aliphatic heterocycles. The zero-order valence-electron chi connectivity index (χ0n) is 15.7. The Morgan fingerprint density at radius 3 is 3.00 bits per heavy atom. The normalized spacial score (nSPS) is 19.8. The zero-order chi connectivity index (χ0) is 20.8. The van der Waals surface area contributed by atoms with Gasteiger partial charge in [0, 0.05) is 27.5 Å². The van der Waals surface area contributed by atoms with Crippen LogP contribution in [0, 0.1) is 5.92 Å². The van der Waals surface area contributed by atoms with Crippen LogP contribution in [0.1, 0.15) is 12.8 Å². The van der Waals surface area contributed by atoms with E-state index in [2.05, 4.69) is 37.0 Å². The van der Waals surface area contributed by atoms with E-state index < -0.39 is 5.97 Å². The van der Waals surface area contributed by atoms with Crippen LogP contribution in [0.5, 0.6) is 0 Å². The second kappa shape index (κ2) is 7.64. The molecule has 3 aromatic rings. The van der Waals surface area contributed by atoms with Gasteiger partial charge < -0.3 is 14.7 Å². The summed E-state index contributed by atoms with van der Waals surface area (Å²) in [6.07, 6.45) is 6.28. The van der Waals surface area contributed by atoms with Crippen LogP contribution < -0.4 is 4.90 Å². The highest BCUT2D eigenvalue weighted by Crippen LogP contribution is 2.48. The van der Waals surface area contributed by atoms with Gasteiger partial charge in [0.05, 0.1) is 41.9 Å².